The minimum Gasteiger partial charge on any atom is -0.352 e. The van der Waals surface area contributed by atoms with Crippen molar-refractivity contribution >= 4 is 10.0 Å². The summed E-state index contributed by atoms with van der Waals surface area (Å²) in [6.45, 7) is 7.45. The van der Waals surface area contributed by atoms with Gasteiger partial charge in [0.2, 0.25) is 10.0 Å². The number of nitrogens with zero attached hydrogens (tertiary/aromatic N) is 1. The molecule has 0 aliphatic heterocycles. The fraction of sp³-hybridized carbons (Fsp3) is 0.733. The molecule has 1 fully saturated rings. The van der Waals surface area contributed by atoms with Crippen molar-refractivity contribution in [3.8, 4) is 0 Å². The van der Waals surface area contributed by atoms with Crippen molar-refractivity contribution in [3.05, 3.63) is 18.0 Å². The first-order valence-electron chi connectivity index (χ1n) is 7.68. The lowest BCUT2D eigenvalue weighted by Crippen LogP contribution is -2.29. The standard InChI is InChI=1S/C15H27N3O2S/c1-11(2)16-9-14-7-15(10-18(14)4)21(19,20)17-8-12(3)13-5-6-13/h7,10-13,16-17H,5-6,8-9H2,1-4H3. The minimum atomic E-state index is -3.40. The molecule has 1 aliphatic carbocycles. The molecule has 1 aromatic rings. The number of hydrogen-bond acceptors (Lipinski definition) is 3. The van der Waals surface area contributed by atoms with Gasteiger partial charge in [-0.15, -0.1) is 0 Å². The van der Waals surface area contributed by atoms with Crippen molar-refractivity contribution in [3.63, 3.8) is 0 Å². The lowest BCUT2D eigenvalue weighted by molar-refractivity contribution is 0.492. The highest BCUT2D eigenvalue weighted by molar-refractivity contribution is 7.89. The maximum Gasteiger partial charge on any atom is 0.242 e. The van der Waals surface area contributed by atoms with Crippen LogP contribution in [0.25, 0.3) is 0 Å². The van der Waals surface area contributed by atoms with E-state index in [1.165, 1.54) is 12.8 Å². The van der Waals surface area contributed by atoms with Gasteiger partial charge in [-0.1, -0.05) is 20.8 Å². The van der Waals surface area contributed by atoms with Crippen LogP contribution in [0.2, 0.25) is 0 Å². The Labute approximate surface area is 128 Å². The molecule has 0 saturated heterocycles. The average Bonchev–Trinajstić information content (AvgIpc) is 3.17. The van der Waals surface area contributed by atoms with Crippen molar-refractivity contribution in [2.75, 3.05) is 6.54 Å². The Bertz CT molecular complexity index is 574. The molecule has 5 nitrogen and oxygen atoms in total. The molecule has 0 aromatic carbocycles. The fourth-order valence-corrected chi connectivity index (χ4v) is 3.60. The van der Waals surface area contributed by atoms with Crippen molar-refractivity contribution in [2.24, 2.45) is 18.9 Å². The third kappa shape index (κ3) is 4.56. The quantitative estimate of drug-likeness (QED) is 0.770. The van der Waals surface area contributed by atoms with Gasteiger partial charge >= 0.3 is 0 Å². The third-order valence-corrected chi connectivity index (χ3v) is 5.50. The summed E-state index contributed by atoms with van der Waals surface area (Å²) in [6.07, 6.45) is 4.15. The average molecular weight is 313 g/mol. The largest absolute Gasteiger partial charge is 0.352 e. The summed E-state index contributed by atoms with van der Waals surface area (Å²) in [5.41, 5.74) is 0.972. The van der Waals surface area contributed by atoms with Crippen molar-refractivity contribution in [1.82, 2.24) is 14.6 Å². The van der Waals surface area contributed by atoms with Gasteiger partial charge in [-0.3, -0.25) is 0 Å². The van der Waals surface area contributed by atoms with Gasteiger partial charge in [0.25, 0.3) is 0 Å². The molecule has 0 radical (unpaired) electrons. The Morgan fingerprint density at radius 3 is 2.57 bits per heavy atom. The Hall–Kier alpha value is -0.850. The van der Waals surface area contributed by atoms with E-state index in [1.54, 1.807) is 12.3 Å². The van der Waals surface area contributed by atoms with Crippen LogP contribution in [0.1, 0.15) is 39.3 Å². The number of rotatable bonds is 8. The molecule has 120 valence electrons. The minimum absolute atomic E-state index is 0.355. The second-order valence-corrected chi connectivity index (χ2v) is 8.25. The van der Waals surface area contributed by atoms with Gasteiger partial charge in [0, 0.05) is 38.1 Å². The van der Waals surface area contributed by atoms with E-state index < -0.39 is 10.0 Å². The Kier molecular flexibility index (Phi) is 5.11. The monoisotopic (exact) mass is 313 g/mol. The van der Waals surface area contributed by atoms with Crippen LogP contribution >= 0.6 is 0 Å². The maximum atomic E-state index is 12.3. The molecule has 1 aromatic heterocycles. The molecule has 1 atom stereocenters. The molecule has 1 unspecified atom stereocenters. The zero-order valence-corrected chi connectivity index (χ0v) is 14.2. The first kappa shape index (κ1) is 16.5. The van der Waals surface area contributed by atoms with Crippen LogP contribution in [-0.4, -0.2) is 25.6 Å². The second-order valence-electron chi connectivity index (χ2n) is 6.48. The van der Waals surface area contributed by atoms with E-state index in [1.807, 2.05) is 11.6 Å². The normalized spacial score (nSPS) is 17.4. The molecule has 0 bridgehead atoms. The van der Waals surface area contributed by atoms with E-state index in [0.29, 0.717) is 35.9 Å². The molecule has 2 N–H and O–H groups in total. The zero-order chi connectivity index (χ0) is 15.6. The molecule has 1 saturated carbocycles. The number of aryl methyl sites for hydroxylation is 1. The summed E-state index contributed by atoms with van der Waals surface area (Å²) in [6, 6.07) is 2.12. The van der Waals surface area contributed by atoms with E-state index in [2.05, 4.69) is 30.8 Å². The molecular weight excluding hydrogens is 286 g/mol. The zero-order valence-electron chi connectivity index (χ0n) is 13.4. The summed E-state index contributed by atoms with van der Waals surface area (Å²) < 4.78 is 29.3. The van der Waals surface area contributed by atoms with Crippen molar-refractivity contribution < 1.29 is 8.42 Å². The molecule has 6 heteroatoms. The third-order valence-electron chi connectivity index (χ3n) is 4.11. The van der Waals surface area contributed by atoms with Crippen LogP contribution in [0.3, 0.4) is 0 Å². The summed E-state index contributed by atoms with van der Waals surface area (Å²) in [4.78, 5) is 0.355. The van der Waals surface area contributed by atoms with Gasteiger partial charge in [0.15, 0.2) is 0 Å². The predicted molar refractivity (Wildman–Crippen MR) is 84.5 cm³/mol. The number of hydrogen-bond donors (Lipinski definition) is 2. The van der Waals surface area contributed by atoms with Crippen LogP contribution in [0.5, 0.6) is 0 Å². The highest BCUT2D eigenvalue weighted by atomic mass is 32.2. The molecule has 0 amide bonds. The highest BCUT2D eigenvalue weighted by Gasteiger charge is 2.29. The van der Waals surface area contributed by atoms with Crippen LogP contribution < -0.4 is 10.0 Å². The summed E-state index contributed by atoms with van der Waals surface area (Å²) in [7, 11) is -1.52. The maximum absolute atomic E-state index is 12.3. The van der Waals surface area contributed by atoms with E-state index in [0.717, 1.165) is 5.69 Å². The first-order valence-corrected chi connectivity index (χ1v) is 9.16. The van der Waals surface area contributed by atoms with Gasteiger partial charge in [0.1, 0.15) is 0 Å². The van der Waals surface area contributed by atoms with Gasteiger partial charge in [-0.05, 0) is 30.7 Å². The van der Waals surface area contributed by atoms with Crippen LogP contribution in [0.15, 0.2) is 17.2 Å². The first-order chi connectivity index (χ1) is 9.79. The Balaban J connectivity index is 2.00. The lowest BCUT2D eigenvalue weighted by Gasteiger charge is -2.11. The van der Waals surface area contributed by atoms with Crippen molar-refractivity contribution in [1.29, 1.82) is 0 Å². The number of sulfonamides is 1. The Morgan fingerprint density at radius 1 is 1.33 bits per heavy atom. The van der Waals surface area contributed by atoms with E-state index in [4.69, 9.17) is 0 Å². The van der Waals surface area contributed by atoms with E-state index in [-0.39, 0.29) is 0 Å². The molecule has 1 heterocycles. The van der Waals surface area contributed by atoms with Gasteiger partial charge in [0.05, 0.1) is 4.90 Å². The van der Waals surface area contributed by atoms with Crippen molar-refractivity contribution in [2.45, 2.75) is 51.1 Å². The molecule has 21 heavy (non-hydrogen) atoms. The van der Waals surface area contributed by atoms with Gasteiger partial charge in [-0.2, -0.15) is 0 Å². The van der Waals surface area contributed by atoms with Crippen LogP contribution in [0.4, 0.5) is 0 Å². The van der Waals surface area contributed by atoms with E-state index >= 15 is 0 Å². The predicted octanol–water partition coefficient (Wildman–Crippen LogP) is 1.85. The molecule has 2 rings (SSSR count). The van der Waals surface area contributed by atoms with E-state index in [9.17, 15) is 8.42 Å². The summed E-state index contributed by atoms with van der Waals surface area (Å²) >= 11 is 0. The summed E-state index contributed by atoms with van der Waals surface area (Å²) in [5.74, 6) is 1.12. The van der Waals surface area contributed by atoms with Crippen LogP contribution in [0, 0.1) is 11.8 Å². The van der Waals surface area contributed by atoms with Crippen LogP contribution in [-0.2, 0) is 23.6 Å². The number of aromatic nitrogens is 1. The van der Waals surface area contributed by atoms with Gasteiger partial charge < -0.3 is 9.88 Å². The second kappa shape index (κ2) is 6.50. The number of nitrogens with one attached hydrogen (secondary N) is 2. The lowest BCUT2D eigenvalue weighted by atomic mass is 10.1. The molecule has 1 aliphatic rings. The fourth-order valence-electron chi connectivity index (χ4n) is 2.36. The topological polar surface area (TPSA) is 63.1 Å². The Morgan fingerprint density at radius 2 is 2.00 bits per heavy atom. The smallest absolute Gasteiger partial charge is 0.242 e. The molecular formula is C15H27N3O2S. The SMILES string of the molecule is CC(C)NCc1cc(S(=O)(=O)NCC(C)C2CC2)cn1C. The van der Waals surface area contributed by atoms with Gasteiger partial charge in [-0.25, -0.2) is 13.1 Å². The summed E-state index contributed by atoms with van der Waals surface area (Å²) in [5, 5.41) is 3.30. The highest BCUT2D eigenvalue weighted by Crippen LogP contribution is 2.36. The molecule has 0 spiro atoms.